The van der Waals surface area contributed by atoms with Crippen molar-refractivity contribution >= 4 is 29.2 Å². The molecule has 6 heteroatoms. The third-order valence-corrected chi connectivity index (χ3v) is 7.81. The number of benzene rings is 2. The Kier molecular flexibility index (Phi) is 11.9. The van der Waals surface area contributed by atoms with Gasteiger partial charge in [0.1, 0.15) is 5.75 Å². The van der Waals surface area contributed by atoms with Gasteiger partial charge in [-0.05, 0) is 60.1 Å². The maximum atomic E-state index is 12.8. The predicted molar refractivity (Wildman–Crippen MR) is 164 cm³/mol. The summed E-state index contributed by atoms with van der Waals surface area (Å²) < 4.78 is 6.20. The van der Waals surface area contributed by atoms with Crippen LogP contribution in [0.2, 0.25) is 0 Å². The molecule has 2 N–H and O–H groups in total. The number of hydrogen-bond donors (Lipinski definition) is 2. The van der Waals surface area contributed by atoms with E-state index >= 15 is 0 Å². The van der Waals surface area contributed by atoms with Crippen LogP contribution in [0.25, 0.3) is 0 Å². The van der Waals surface area contributed by atoms with Gasteiger partial charge in [-0.3, -0.25) is 0 Å². The van der Waals surface area contributed by atoms with Crippen LogP contribution in [0.1, 0.15) is 97.1 Å². The quantitative estimate of drug-likeness (QED) is 0.236. The Morgan fingerprint density at radius 2 is 1.63 bits per heavy atom. The normalized spacial score (nSPS) is 13.4. The van der Waals surface area contributed by atoms with E-state index in [1.807, 2.05) is 48.2 Å². The lowest BCUT2D eigenvalue weighted by Gasteiger charge is -2.24. The first-order valence-corrected chi connectivity index (χ1v) is 15.3. The van der Waals surface area contributed by atoms with Crippen LogP contribution in [0.4, 0.5) is 16.2 Å². The van der Waals surface area contributed by atoms with E-state index in [9.17, 15) is 4.79 Å². The largest absolute Gasteiger partial charge is 0.493 e. The van der Waals surface area contributed by atoms with E-state index in [-0.39, 0.29) is 11.4 Å². The van der Waals surface area contributed by atoms with Gasteiger partial charge < -0.3 is 20.3 Å². The zero-order valence-corrected chi connectivity index (χ0v) is 24.9. The molecule has 0 aromatic heterocycles. The van der Waals surface area contributed by atoms with Crippen LogP contribution in [0.15, 0.2) is 53.6 Å². The van der Waals surface area contributed by atoms with E-state index < -0.39 is 0 Å². The lowest BCUT2D eigenvalue weighted by atomic mass is 9.86. The van der Waals surface area contributed by atoms with Crippen molar-refractivity contribution in [3.8, 4) is 5.75 Å². The van der Waals surface area contributed by atoms with Crippen molar-refractivity contribution in [2.75, 3.05) is 23.1 Å². The Balaban J connectivity index is 1.51. The highest BCUT2D eigenvalue weighted by atomic mass is 32.2. The number of urea groups is 1. The van der Waals surface area contributed by atoms with E-state index in [0.29, 0.717) is 0 Å². The second-order valence-electron chi connectivity index (χ2n) is 11.3. The highest BCUT2D eigenvalue weighted by Gasteiger charge is 2.20. The predicted octanol–water partition coefficient (Wildman–Crippen LogP) is 9.52. The molecule has 0 saturated carbocycles. The molecule has 0 radical (unpaired) electrons. The molecule has 0 bridgehead atoms. The third-order valence-electron chi connectivity index (χ3n) is 6.84. The molecule has 0 aliphatic carbocycles. The van der Waals surface area contributed by atoms with Gasteiger partial charge in [-0.15, -0.1) is 11.8 Å². The Hall–Kier alpha value is -2.60. The SMILES string of the molecule is CCCCCCCCCCOc1ccc(NC(=O)Nc2cccc(CN3CSC=C3C)c2)cc1C(C)(C)C. The minimum Gasteiger partial charge on any atom is -0.493 e. The Morgan fingerprint density at radius 3 is 2.29 bits per heavy atom. The first kappa shape index (κ1) is 29.9. The van der Waals surface area contributed by atoms with E-state index in [2.05, 4.69) is 61.6 Å². The summed E-state index contributed by atoms with van der Waals surface area (Å²) in [5, 5.41) is 8.18. The summed E-state index contributed by atoms with van der Waals surface area (Å²) in [5.41, 5.74) is 5.01. The minimum atomic E-state index is -0.248. The van der Waals surface area contributed by atoms with E-state index in [1.165, 1.54) is 56.2 Å². The minimum absolute atomic E-state index is 0.0997. The van der Waals surface area contributed by atoms with Crippen molar-refractivity contribution in [3.05, 3.63) is 64.7 Å². The molecule has 1 heterocycles. The molecule has 0 fully saturated rings. The molecular weight excluding hydrogens is 490 g/mol. The smallest absolute Gasteiger partial charge is 0.323 e. The molecule has 0 saturated heterocycles. The number of carbonyl (C=O) groups excluding carboxylic acids is 1. The summed E-state index contributed by atoms with van der Waals surface area (Å²) in [5.74, 6) is 1.88. The van der Waals surface area contributed by atoms with Crippen molar-refractivity contribution in [1.29, 1.82) is 0 Å². The van der Waals surface area contributed by atoms with Crippen LogP contribution in [0.3, 0.4) is 0 Å². The first-order valence-electron chi connectivity index (χ1n) is 14.2. The van der Waals surface area contributed by atoms with E-state index in [4.69, 9.17) is 4.74 Å². The van der Waals surface area contributed by atoms with Gasteiger partial charge in [-0.2, -0.15) is 0 Å². The Bertz CT molecular complexity index is 1060. The summed E-state index contributed by atoms with van der Waals surface area (Å²) in [7, 11) is 0. The summed E-state index contributed by atoms with van der Waals surface area (Å²) in [6.07, 6.45) is 10.3. The number of hydrogen-bond acceptors (Lipinski definition) is 4. The number of rotatable bonds is 14. The standard InChI is InChI=1S/C32H47N3O2S/c1-6-7-8-9-10-11-12-13-19-37-30-18-17-28(21-29(30)32(3,4)5)34-31(36)33-27-16-14-15-26(20-27)22-35-24-38-23-25(35)2/h14-18,20-21,23H,6-13,19,22,24H2,1-5H3,(H2,33,34,36). The summed E-state index contributed by atoms with van der Waals surface area (Å²) >= 11 is 1.81. The van der Waals surface area contributed by atoms with Gasteiger partial charge in [-0.1, -0.05) is 84.8 Å². The van der Waals surface area contributed by atoms with Crippen LogP contribution >= 0.6 is 11.8 Å². The van der Waals surface area contributed by atoms with Gasteiger partial charge in [0.05, 0.1) is 12.5 Å². The summed E-state index contributed by atoms with van der Waals surface area (Å²) in [6, 6.07) is 13.8. The molecule has 0 spiro atoms. The molecule has 208 valence electrons. The molecular formula is C32H47N3O2S. The molecule has 1 aliphatic heterocycles. The average Bonchev–Trinajstić information content (AvgIpc) is 3.27. The molecule has 2 amide bonds. The topological polar surface area (TPSA) is 53.6 Å². The molecule has 2 aromatic carbocycles. The zero-order chi connectivity index (χ0) is 27.4. The molecule has 0 atom stereocenters. The summed E-state index contributed by atoms with van der Waals surface area (Å²) in [4.78, 5) is 15.1. The summed E-state index contributed by atoms with van der Waals surface area (Å²) in [6.45, 7) is 12.5. The Morgan fingerprint density at radius 1 is 0.947 bits per heavy atom. The molecule has 38 heavy (non-hydrogen) atoms. The number of nitrogens with zero attached hydrogens (tertiary/aromatic N) is 1. The lowest BCUT2D eigenvalue weighted by Crippen LogP contribution is -2.21. The van der Waals surface area contributed by atoms with Gasteiger partial charge in [0.25, 0.3) is 0 Å². The van der Waals surface area contributed by atoms with E-state index in [1.54, 1.807) is 0 Å². The van der Waals surface area contributed by atoms with Gasteiger partial charge in [-0.25, -0.2) is 4.79 Å². The molecule has 5 nitrogen and oxygen atoms in total. The van der Waals surface area contributed by atoms with Crippen LogP contribution in [-0.2, 0) is 12.0 Å². The fourth-order valence-corrected chi connectivity index (χ4v) is 5.53. The second-order valence-corrected chi connectivity index (χ2v) is 12.1. The van der Waals surface area contributed by atoms with Crippen molar-refractivity contribution in [2.45, 2.75) is 97.9 Å². The number of anilines is 2. The van der Waals surface area contributed by atoms with Crippen molar-refractivity contribution in [1.82, 2.24) is 4.90 Å². The monoisotopic (exact) mass is 537 g/mol. The number of unbranched alkanes of at least 4 members (excludes halogenated alkanes) is 7. The zero-order valence-electron chi connectivity index (χ0n) is 24.1. The van der Waals surface area contributed by atoms with Gasteiger partial charge >= 0.3 is 6.03 Å². The number of nitrogens with one attached hydrogen (secondary N) is 2. The first-order chi connectivity index (χ1) is 18.3. The average molecular weight is 538 g/mol. The van der Waals surface area contributed by atoms with E-state index in [0.717, 1.165) is 48.1 Å². The number of ether oxygens (including phenoxy) is 1. The highest BCUT2D eigenvalue weighted by molar-refractivity contribution is 8.02. The van der Waals surface area contributed by atoms with Crippen molar-refractivity contribution in [2.24, 2.45) is 0 Å². The maximum absolute atomic E-state index is 12.8. The van der Waals surface area contributed by atoms with Crippen LogP contribution in [0.5, 0.6) is 5.75 Å². The Labute approximate surface area is 234 Å². The number of carbonyl (C=O) groups is 1. The fourth-order valence-electron chi connectivity index (χ4n) is 4.59. The van der Waals surface area contributed by atoms with Crippen molar-refractivity contribution in [3.63, 3.8) is 0 Å². The molecule has 0 unspecified atom stereocenters. The van der Waals surface area contributed by atoms with Gasteiger partial charge in [0.15, 0.2) is 0 Å². The van der Waals surface area contributed by atoms with Crippen LogP contribution in [0, 0.1) is 0 Å². The van der Waals surface area contributed by atoms with Crippen LogP contribution < -0.4 is 15.4 Å². The maximum Gasteiger partial charge on any atom is 0.323 e. The number of thioether (sulfide) groups is 1. The highest BCUT2D eigenvalue weighted by Crippen LogP contribution is 2.34. The molecule has 3 rings (SSSR count). The van der Waals surface area contributed by atoms with Gasteiger partial charge in [0, 0.05) is 29.2 Å². The fraction of sp³-hybridized carbons (Fsp3) is 0.531. The molecule has 2 aromatic rings. The third kappa shape index (κ3) is 9.94. The molecule has 1 aliphatic rings. The van der Waals surface area contributed by atoms with Crippen LogP contribution in [-0.4, -0.2) is 23.4 Å². The second kappa shape index (κ2) is 15.1. The number of amides is 2. The van der Waals surface area contributed by atoms with Gasteiger partial charge in [0.2, 0.25) is 0 Å². The van der Waals surface area contributed by atoms with Crippen molar-refractivity contribution < 1.29 is 9.53 Å². The number of allylic oxidation sites excluding steroid dienone is 1. The lowest BCUT2D eigenvalue weighted by molar-refractivity contribution is 0.262.